The zero-order valence-corrected chi connectivity index (χ0v) is 23.0. The van der Waals surface area contributed by atoms with E-state index in [0.717, 1.165) is 29.9 Å². The van der Waals surface area contributed by atoms with E-state index in [1.165, 1.54) is 17.5 Å². The molecule has 37 heavy (non-hydrogen) atoms. The van der Waals surface area contributed by atoms with Crippen LogP contribution in [0.15, 0.2) is 42.7 Å². The van der Waals surface area contributed by atoms with Crippen LogP contribution in [0.3, 0.4) is 0 Å². The minimum absolute atomic E-state index is 0. The number of aryl methyl sites for hydroxylation is 1. The van der Waals surface area contributed by atoms with Gasteiger partial charge >= 0.3 is 0 Å². The van der Waals surface area contributed by atoms with Crippen LogP contribution < -0.4 is 16.0 Å². The van der Waals surface area contributed by atoms with Gasteiger partial charge in [-0.15, -0.1) is 0 Å². The topological polar surface area (TPSA) is 95.1 Å². The molecule has 1 aliphatic carbocycles. The highest BCUT2D eigenvalue weighted by atomic mass is 16.1. The smallest absolute Gasteiger partial charge is 0.256 e. The molecule has 1 amide bonds. The van der Waals surface area contributed by atoms with Crippen molar-refractivity contribution < 1.29 is 6.22 Å². The van der Waals surface area contributed by atoms with Crippen molar-refractivity contribution in [2.45, 2.75) is 71.4 Å². The average Bonchev–Trinajstić information content (AvgIpc) is 2.83. The molecule has 0 aliphatic heterocycles. The largest absolute Gasteiger partial charge is 0.350 e. The second-order valence-corrected chi connectivity index (χ2v) is 11.4. The number of rotatable bonds is 7. The lowest BCUT2D eigenvalue weighted by atomic mass is 9.87. The highest BCUT2D eigenvalue weighted by Crippen LogP contribution is 2.29. The summed E-state index contributed by atoms with van der Waals surface area (Å²) in [7, 11) is 4.29. The molecule has 1 unspecified atom stereocenters. The fraction of sp³-hybridized carbons (Fsp3) is 0.448. The Hall–Kier alpha value is -3.52. The summed E-state index contributed by atoms with van der Waals surface area (Å²) in [6, 6.07) is 10.9. The maximum Gasteiger partial charge on any atom is 0.256 e. The first-order valence-electron chi connectivity index (χ1n) is 13.0. The van der Waals surface area contributed by atoms with E-state index in [1.807, 2.05) is 26.0 Å². The fourth-order valence-electron chi connectivity index (χ4n) is 4.48. The van der Waals surface area contributed by atoms with Crippen molar-refractivity contribution >= 4 is 29.0 Å². The number of hydrogen-bond donors (Lipinski definition) is 3. The molecule has 1 atom stereocenters. The molecule has 3 N–H and O–H groups in total. The molecule has 1 aliphatic rings. The van der Waals surface area contributed by atoms with Gasteiger partial charge in [0.05, 0.1) is 0 Å². The predicted octanol–water partition coefficient (Wildman–Crippen LogP) is 5.46. The minimum atomic E-state index is -0.224. The third-order valence-electron chi connectivity index (χ3n) is 6.64. The number of likely N-dealkylation sites (N-methyl/N-ethyl adjacent to an activating group) is 1. The van der Waals surface area contributed by atoms with Crippen LogP contribution in [-0.2, 0) is 18.3 Å². The summed E-state index contributed by atoms with van der Waals surface area (Å²) in [5, 5.41) is 9.62. The summed E-state index contributed by atoms with van der Waals surface area (Å²) in [4.78, 5) is 28.9. The Kier molecular flexibility index (Phi) is 7.78. The second kappa shape index (κ2) is 10.8. The van der Waals surface area contributed by atoms with Crippen LogP contribution in [0.1, 0.15) is 69.6 Å². The van der Waals surface area contributed by atoms with Crippen LogP contribution >= 0.6 is 0 Å². The van der Waals surface area contributed by atoms with Gasteiger partial charge in [0.1, 0.15) is 11.4 Å². The lowest BCUT2D eigenvalue weighted by molar-refractivity contribution is 0.0943. The van der Waals surface area contributed by atoms with E-state index in [-0.39, 0.29) is 18.8 Å². The van der Waals surface area contributed by atoms with Crippen LogP contribution in [-0.4, -0.2) is 51.9 Å². The standard InChI is InChI=1S/C29H39N7O.H2/c1-18(2)32-27(37)24-17-31-28(35-26(24)33-22-12-13-30-25(16-22)29(3,4)5)34-21-10-8-19-9-11-23(36(6)7)15-20(19)14-21;/h8,10,12-14,16-18,23H,9,11,15H2,1-7H3,(H,32,37)(H2,30,31,33,34,35);1H. The summed E-state index contributed by atoms with van der Waals surface area (Å²) < 4.78 is 0. The Bertz CT molecular complexity index is 1270. The zero-order valence-electron chi connectivity index (χ0n) is 23.0. The molecule has 0 radical (unpaired) electrons. The Balaban J connectivity index is 0.00000400. The molecule has 1 aromatic carbocycles. The van der Waals surface area contributed by atoms with Crippen molar-refractivity contribution in [1.82, 2.24) is 25.2 Å². The quantitative estimate of drug-likeness (QED) is 0.394. The summed E-state index contributed by atoms with van der Waals surface area (Å²) >= 11 is 0. The SMILES string of the molecule is CC(C)NC(=O)c1cnc(Nc2ccc3c(c2)CC(N(C)C)CC3)nc1Nc1ccnc(C(C)(C)C)c1.[HH]. The Labute approximate surface area is 221 Å². The molecule has 2 aromatic heterocycles. The lowest BCUT2D eigenvalue weighted by Crippen LogP contribution is -2.33. The maximum atomic E-state index is 12.9. The Morgan fingerprint density at radius 1 is 1.05 bits per heavy atom. The molecule has 8 nitrogen and oxygen atoms in total. The molecule has 2 heterocycles. The molecule has 8 heteroatoms. The number of pyridine rings is 1. The average molecular weight is 504 g/mol. The first-order valence-corrected chi connectivity index (χ1v) is 13.0. The van der Waals surface area contributed by atoms with Crippen LogP contribution in [0.25, 0.3) is 0 Å². The van der Waals surface area contributed by atoms with Gasteiger partial charge in [0.15, 0.2) is 0 Å². The molecule has 3 aromatic rings. The highest BCUT2D eigenvalue weighted by Gasteiger charge is 2.21. The van der Waals surface area contributed by atoms with Crippen molar-refractivity contribution in [3.05, 3.63) is 65.1 Å². The molecule has 4 rings (SSSR count). The fourth-order valence-corrected chi connectivity index (χ4v) is 4.48. The number of carbonyl (C=O) groups excluding carboxylic acids is 1. The molecule has 198 valence electrons. The number of hydrogen-bond acceptors (Lipinski definition) is 7. The monoisotopic (exact) mass is 503 g/mol. The number of aromatic nitrogens is 3. The van der Waals surface area contributed by atoms with Crippen molar-refractivity contribution in [2.75, 3.05) is 24.7 Å². The second-order valence-electron chi connectivity index (χ2n) is 11.4. The zero-order chi connectivity index (χ0) is 26.7. The Morgan fingerprint density at radius 2 is 1.81 bits per heavy atom. The number of anilines is 4. The van der Waals surface area contributed by atoms with Gasteiger partial charge in [-0.25, -0.2) is 4.98 Å². The van der Waals surface area contributed by atoms with Gasteiger partial charge in [-0.05, 0) is 82.6 Å². The highest BCUT2D eigenvalue weighted by molar-refractivity contribution is 5.99. The van der Waals surface area contributed by atoms with Gasteiger partial charge in [-0.2, -0.15) is 4.98 Å². The van der Waals surface area contributed by atoms with Crippen LogP contribution in [0.2, 0.25) is 0 Å². The lowest BCUT2D eigenvalue weighted by Gasteiger charge is -2.30. The Morgan fingerprint density at radius 3 is 2.51 bits per heavy atom. The van der Waals surface area contributed by atoms with Crippen molar-refractivity contribution in [3.8, 4) is 0 Å². The first-order chi connectivity index (χ1) is 17.5. The molecule has 0 bridgehead atoms. The van der Waals surface area contributed by atoms with Gasteiger partial charge in [0.25, 0.3) is 5.91 Å². The summed E-state index contributed by atoms with van der Waals surface area (Å²) in [5.74, 6) is 0.638. The van der Waals surface area contributed by atoms with E-state index in [4.69, 9.17) is 4.98 Å². The van der Waals surface area contributed by atoms with E-state index in [0.29, 0.717) is 23.4 Å². The van der Waals surface area contributed by atoms with E-state index >= 15 is 0 Å². The number of nitrogens with zero attached hydrogens (tertiary/aromatic N) is 4. The van der Waals surface area contributed by atoms with Gasteiger partial charge < -0.3 is 20.9 Å². The summed E-state index contributed by atoms with van der Waals surface area (Å²) in [5.41, 5.74) is 5.73. The van der Waals surface area contributed by atoms with Crippen LogP contribution in [0, 0.1) is 0 Å². The van der Waals surface area contributed by atoms with Crippen LogP contribution in [0.5, 0.6) is 0 Å². The number of nitrogens with one attached hydrogen (secondary N) is 3. The third-order valence-corrected chi connectivity index (χ3v) is 6.64. The molecule has 0 fully saturated rings. The molecular formula is C29H41N7O. The normalized spacial score (nSPS) is 15.4. The third kappa shape index (κ3) is 6.63. The van der Waals surface area contributed by atoms with E-state index in [1.54, 1.807) is 12.4 Å². The number of benzene rings is 1. The predicted molar refractivity (Wildman–Crippen MR) is 152 cm³/mol. The van der Waals surface area contributed by atoms with Gasteiger partial charge in [-0.1, -0.05) is 26.8 Å². The van der Waals surface area contributed by atoms with Crippen molar-refractivity contribution in [2.24, 2.45) is 0 Å². The molecule has 0 saturated carbocycles. The summed E-state index contributed by atoms with van der Waals surface area (Å²) in [6.07, 6.45) is 6.63. The van der Waals surface area contributed by atoms with E-state index in [2.05, 4.69) is 83.9 Å². The van der Waals surface area contributed by atoms with Crippen molar-refractivity contribution in [3.63, 3.8) is 0 Å². The maximum absolute atomic E-state index is 12.9. The van der Waals surface area contributed by atoms with E-state index < -0.39 is 0 Å². The summed E-state index contributed by atoms with van der Waals surface area (Å²) in [6.45, 7) is 10.2. The number of carbonyl (C=O) groups is 1. The van der Waals surface area contributed by atoms with Gasteiger partial charge in [-0.3, -0.25) is 9.78 Å². The first kappa shape index (κ1) is 26.5. The van der Waals surface area contributed by atoms with E-state index in [9.17, 15) is 4.79 Å². The number of fused-ring (bicyclic) bond motifs is 1. The number of amides is 1. The van der Waals surface area contributed by atoms with Gasteiger partial charge in [0, 0.05) is 48.4 Å². The molecule has 0 saturated heterocycles. The van der Waals surface area contributed by atoms with Gasteiger partial charge in [0.2, 0.25) is 5.95 Å². The minimum Gasteiger partial charge on any atom is -0.350 e. The van der Waals surface area contributed by atoms with Crippen LogP contribution in [0.4, 0.5) is 23.1 Å². The molecular weight excluding hydrogens is 462 g/mol. The van der Waals surface area contributed by atoms with Crippen molar-refractivity contribution in [1.29, 1.82) is 0 Å². The molecule has 0 spiro atoms.